The first kappa shape index (κ1) is 14.0. The maximum Gasteiger partial charge on any atom is 0.159 e. The summed E-state index contributed by atoms with van der Waals surface area (Å²) in [6.45, 7) is 5.65. The Morgan fingerprint density at radius 1 is 1.42 bits per heavy atom. The lowest BCUT2D eigenvalue weighted by Gasteiger charge is -2.45. The van der Waals surface area contributed by atoms with E-state index in [0.29, 0.717) is 6.04 Å². The number of piperazine rings is 1. The molecular formula is C15H22N2O2. The quantitative estimate of drug-likeness (QED) is 0.836. The fourth-order valence-electron chi connectivity index (χ4n) is 2.92. The number of aliphatic hydroxyl groups excluding tert-OH is 1. The smallest absolute Gasteiger partial charge is 0.159 e. The molecule has 4 nitrogen and oxygen atoms in total. The second-order valence-corrected chi connectivity index (χ2v) is 5.42. The van der Waals surface area contributed by atoms with Crippen LogP contribution >= 0.6 is 0 Å². The summed E-state index contributed by atoms with van der Waals surface area (Å²) in [6.07, 6.45) is 0. The second kappa shape index (κ2) is 5.72. The summed E-state index contributed by atoms with van der Waals surface area (Å²) in [7, 11) is 2.07. The van der Waals surface area contributed by atoms with Gasteiger partial charge < -0.3 is 14.9 Å². The molecule has 104 valence electrons. The van der Waals surface area contributed by atoms with Gasteiger partial charge in [-0.3, -0.25) is 4.79 Å². The molecule has 2 rings (SSSR count). The lowest BCUT2D eigenvalue weighted by atomic mass is 10.0. The molecule has 1 aromatic rings. The summed E-state index contributed by atoms with van der Waals surface area (Å²) in [5.74, 6) is 0.0733. The number of anilines is 1. The molecule has 1 saturated heterocycles. The van der Waals surface area contributed by atoms with Gasteiger partial charge in [-0.1, -0.05) is 12.1 Å². The molecule has 0 bridgehead atoms. The van der Waals surface area contributed by atoms with Crippen LogP contribution in [0.5, 0.6) is 0 Å². The van der Waals surface area contributed by atoms with E-state index in [2.05, 4.69) is 23.8 Å². The van der Waals surface area contributed by atoms with E-state index in [1.807, 2.05) is 24.3 Å². The van der Waals surface area contributed by atoms with Gasteiger partial charge in [-0.2, -0.15) is 0 Å². The van der Waals surface area contributed by atoms with E-state index in [4.69, 9.17) is 0 Å². The topological polar surface area (TPSA) is 43.8 Å². The van der Waals surface area contributed by atoms with E-state index >= 15 is 0 Å². The predicted molar refractivity (Wildman–Crippen MR) is 76.8 cm³/mol. The summed E-state index contributed by atoms with van der Waals surface area (Å²) in [4.78, 5) is 16.0. The van der Waals surface area contributed by atoms with E-state index in [-0.39, 0.29) is 18.4 Å². The number of hydrogen-bond acceptors (Lipinski definition) is 4. The number of ketones is 1. The fourth-order valence-corrected chi connectivity index (χ4v) is 2.92. The van der Waals surface area contributed by atoms with E-state index in [0.717, 1.165) is 24.3 Å². The number of aliphatic hydroxyl groups is 1. The summed E-state index contributed by atoms with van der Waals surface area (Å²) in [5, 5.41) is 9.60. The zero-order valence-corrected chi connectivity index (χ0v) is 11.8. The highest BCUT2D eigenvalue weighted by Crippen LogP contribution is 2.25. The number of likely N-dealkylation sites (N-methyl/N-ethyl adjacent to an activating group) is 1. The van der Waals surface area contributed by atoms with Crippen LogP contribution in [0.1, 0.15) is 24.2 Å². The molecule has 0 amide bonds. The molecule has 1 heterocycles. The first-order valence-electron chi connectivity index (χ1n) is 6.71. The van der Waals surface area contributed by atoms with Crippen molar-refractivity contribution >= 4 is 11.5 Å². The minimum atomic E-state index is 0.0733. The molecule has 2 unspecified atom stereocenters. The minimum Gasteiger partial charge on any atom is -0.394 e. The molecule has 0 saturated carbocycles. The first-order valence-corrected chi connectivity index (χ1v) is 6.71. The van der Waals surface area contributed by atoms with Gasteiger partial charge in [0, 0.05) is 30.4 Å². The largest absolute Gasteiger partial charge is 0.394 e. The number of nitrogens with zero attached hydrogens (tertiary/aromatic N) is 2. The Labute approximate surface area is 114 Å². The van der Waals surface area contributed by atoms with Crippen molar-refractivity contribution in [1.82, 2.24) is 4.90 Å². The molecule has 1 aliphatic rings. The minimum absolute atomic E-state index is 0.0733. The molecule has 0 aliphatic carbocycles. The Kier molecular flexibility index (Phi) is 4.22. The van der Waals surface area contributed by atoms with Gasteiger partial charge in [0.25, 0.3) is 0 Å². The van der Waals surface area contributed by atoms with Crippen molar-refractivity contribution < 1.29 is 9.90 Å². The molecule has 0 spiro atoms. The van der Waals surface area contributed by atoms with Crippen LogP contribution in [0.25, 0.3) is 0 Å². The number of carbonyl (C=O) groups is 1. The standard InChI is InChI=1S/C15H22N2O2/c1-11-8-16(3)9-15(10-18)17(11)14-6-4-5-13(7-14)12(2)19/h4-7,11,15,18H,8-10H2,1-3H3. The molecule has 1 fully saturated rings. The van der Waals surface area contributed by atoms with Crippen molar-refractivity contribution in [1.29, 1.82) is 0 Å². The molecule has 1 aromatic carbocycles. The molecular weight excluding hydrogens is 240 g/mol. The lowest BCUT2D eigenvalue weighted by Crippen LogP contribution is -2.58. The number of benzene rings is 1. The van der Waals surface area contributed by atoms with Crippen molar-refractivity contribution in [3.05, 3.63) is 29.8 Å². The van der Waals surface area contributed by atoms with Crippen molar-refractivity contribution in [3.63, 3.8) is 0 Å². The van der Waals surface area contributed by atoms with E-state index in [9.17, 15) is 9.90 Å². The molecule has 1 N–H and O–H groups in total. The van der Waals surface area contributed by atoms with Crippen molar-refractivity contribution in [2.24, 2.45) is 0 Å². The van der Waals surface area contributed by atoms with Crippen LogP contribution in [0.15, 0.2) is 24.3 Å². The van der Waals surface area contributed by atoms with Gasteiger partial charge >= 0.3 is 0 Å². The summed E-state index contributed by atoms with van der Waals surface area (Å²) >= 11 is 0. The van der Waals surface area contributed by atoms with Crippen LogP contribution in [0.4, 0.5) is 5.69 Å². The summed E-state index contributed by atoms with van der Waals surface area (Å²) in [5.41, 5.74) is 1.74. The average molecular weight is 262 g/mol. The van der Waals surface area contributed by atoms with Gasteiger partial charge in [0.2, 0.25) is 0 Å². The van der Waals surface area contributed by atoms with E-state index in [1.165, 1.54) is 0 Å². The van der Waals surface area contributed by atoms with Crippen LogP contribution in [0.2, 0.25) is 0 Å². The van der Waals surface area contributed by atoms with Crippen molar-refractivity contribution in [2.45, 2.75) is 25.9 Å². The zero-order chi connectivity index (χ0) is 14.0. The predicted octanol–water partition coefficient (Wildman–Crippen LogP) is 1.39. The zero-order valence-electron chi connectivity index (χ0n) is 11.8. The second-order valence-electron chi connectivity index (χ2n) is 5.42. The van der Waals surface area contributed by atoms with Crippen LogP contribution < -0.4 is 4.90 Å². The molecule has 2 atom stereocenters. The van der Waals surface area contributed by atoms with Crippen LogP contribution in [0.3, 0.4) is 0 Å². The van der Waals surface area contributed by atoms with Gasteiger partial charge in [0.1, 0.15) is 0 Å². The number of rotatable bonds is 3. The van der Waals surface area contributed by atoms with Gasteiger partial charge in [-0.05, 0) is 33.0 Å². The van der Waals surface area contributed by atoms with Crippen molar-refractivity contribution in [2.75, 3.05) is 31.6 Å². The highest BCUT2D eigenvalue weighted by Gasteiger charge is 2.30. The molecule has 0 aromatic heterocycles. The number of carbonyl (C=O) groups excluding carboxylic acids is 1. The normalized spacial score (nSPS) is 24.5. The van der Waals surface area contributed by atoms with Gasteiger partial charge in [0.15, 0.2) is 5.78 Å². The Morgan fingerprint density at radius 2 is 2.16 bits per heavy atom. The fraction of sp³-hybridized carbons (Fsp3) is 0.533. The third-order valence-electron chi connectivity index (χ3n) is 3.73. The number of hydrogen-bond donors (Lipinski definition) is 1. The van der Waals surface area contributed by atoms with E-state index < -0.39 is 0 Å². The lowest BCUT2D eigenvalue weighted by molar-refractivity contribution is 0.101. The maximum absolute atomic E-state index is 11.5. The third kappa shape index (κ3) is 2.96. The molecule has 4 heteroatoms. The van der Waals surface area contributed by atoms with Crippen LogP contribution in [0, 0.1) is 0 Å². The maximum atomic E-state index is 11.5. The first-order chi connectivity index (χ1) is 9.02. The monoisotopic (exact) mass is 262 g/mol. The van der Waals surface area contributed by atoms with Gasteiger partial charge in [-0.25, -0.2) is 0 Å². The Balaban J connectivity index is 2.32. The summed E-state index contributed by atoms with van der Waals surface area (Å²) in [6, 6.07) is 8.07. The van der Waals surface area contributed by atoms with Crippen molar-refractivity contribution in [3.8, 4) is 0 Å². The molecule has 1 aliphatic heterocycles. The van der Waals surface area contributed by atoms with Crippen LogP contribution in [-0.4, -0.2) is 54.6 Å². The van der Waals surface area contributed by atoms with Gasteiger partial charge in [0.05, 0.1) is 12.6 Å². The summed E-state index contributed by atoms with van der Waals surface area (Å²) < 4.78 is 0. The Morgan fingerprint density at radius 3 is 2.79 bits per heavy atom. The molecule has 19 heavy (non-hydrogen) atoms. The van der Waals surface area contributed by atoms with Gasteiger partial charge in [-0.15, -0.1) is 0 Å². The SMILES string of the molecule is CC(=O)c1cccc(N2C(C)CN(C)CC2CO)c1. The van der Waals surface area contributed by atoms with E-state index in [1.54, 1.807) is 6.92 Å². The van der Waals surface area contributed by atoms with Crippen LogP contribution in [-0.2, 0) is 0 Å². The Hall–Kier alpha value is -1.39. The average Bonchev–Trinajstić information content (AvgIpc) is 2.37. The number of Topliss-reactive ketones (excluding diaryl/α,β-unsaturated/α-hetero) is 1. The third-order valence-corrected chi connectivity index (χ3v) is 3.73. The molecule has 0 radical (unpaired) electrons. The Bertz CT molecular complexity index is 461. The highest BCUT2D eigenvalue weighted by atomic mass is 16.3. The highest BCUT2D eigenvalue weighted by molar-refractivity contribution is 5.95.